The molecular weight excluding hydrogens is 362 g/mol. The highest BCUT2D eigenvalue weighted by Crippen LogP contribution is 2.66. The number of rotatable bonds is 6. The molecule has 0 bridgehead atoms. The maximum absolute atomic E-state index is 4.39. The van der Waals surface area contributed by atoms with Crippen molar-refractivity contribution < 1.29 is 0 Å². The summed E-state index contributed by atoms with van der Waals surface area (Å²) in [6, 6.07) is 0. The van der Waals surface area contributed by atoms with Gasteiger partial charge in [-0.05, 0) is 130 Å². The van der Waals surface area contributed by atoms with Crippen LogP contribution in [0.25, 0.3) is 0 Å². The molecule has 4 rings (SSSR count). The van der Waals surface area contributed by atoms with E-state index in [1.807, 2.05) is 19.2 Å². The van der Waals surface area contributed by atoms with Crippen LogP contribution in [0.4, 0.5) is 0 Å². The van der Waals surface area contributed by atoms with Crippen molar-refractivity contribution in [2.75, 3.05) is 0 Å². The smallest absolute Gasteiger partial charge is 0.0221 e. The van der Waals surface area contributed by atoms with Gasteiger partial charge in [0, 0.05) is 12.4 Å². The molecule has 4 aliphatic carbocycles. The van der Waals surface area contributed by atoms with Gasteiger partial charge in [-0.2, -0.15) is 0 Å². The molecule has 9 atom stereocenters. The van der Waals surface area contributed by atoms with E-state index < -0.39 is 0 Å². The molecule has 1 heteroatoms. The van der Waals surface area contributed by atoms with Crippen LogP contribution in [-0.4, -0.2) is 6.21 Å². The quantitative estimate of drug-likeness (QED) is 0.387. The van der Waals surface area contributed by atoms with E-state index in [0.717, 1.165) is 47.8 Å². The Kier molecular flexibility index (Phi) is 6.86. The molecule has 0 aromatic carbocycles. The van der Waals surface area contributed by atoms with Crippen LogP contribution in [0.15, 0.2) is 17.3 Å². The van der Waals surface area contributed by atoms with Gasteiger partial charge in [-0.25, -0.2) is 0 Å². The molecule has 0 heterocycles. The van der Waals surface area contributed by atoms with Gasteiger partial charge in [0.15, 0.2) is 0 Å². The second kappa shape index (κ2) is 9.11. The highest BCUT2D eigenvalue weighted by atomic mass is 14.7. The highest BCUT2D eigenvalue weighted by Gasteiger charge is 2.57. The predicted octanol–water partition coefficient (Wildman–Crippen LogP) is 8.69. The van der Waals surface area contributed by atoms with Gasteiger partial charge in [-0.15, -0.1) is 0 Å². The van der Waals surface area contributed by atoms with Gasteiger partial charge >= 0.3 is 0 Å². The van der Waals surface area contributed by atoms with Crippen LogP contribution in [0.5, 0.6) is 0 Å². The Balaban J connectivity index is 1.40. The molecule has 0 spiro atoms. The number of nitrogens with zero attached hydrogens (tertiary/aromatic N) is 1. The summed E-state index contributed by atoms with van der Waals surface area (Å²) in [5.41, 5.74) is 1.28. The van der Waals surface area contributed by atoms with Gasteiger partial charge < -0.3 is 0 Å². The summed E-state index contributed by atoms with van der Waals surface area (Å²) >= 11 is 0. The molecule has 0 amide bonds. The number of fused-ring (bicyclic) bond motifs is 5. The van der Waals surface area contributed by atoms with E-state index in [4.69, 9.17) is 0 Å². The van der Waals surface area contributed by atoms with E-state index in [0.29, 0.717) is 10.8 Å². The molecule has 1 nitrogen and oxygen atoms in total. The van der Waals surface area contributed by atoms with E-state index in [9.17, 15) is 0 Å². The van der Waals surface area contributed by atoms with E-state index in [1.54, 1.807) is 25.7 Å². The molecule has 0 aromatic heterocycles. The van der Waals surface area contributed by atoms with E-state index in [-0.39, 0.29) is 0 Å². The Bertz CT molecular complexity index is 634. The summed E-state index contributed by atoms with van der Waals surface area (Å²) in [5, 5.41) is 0. The second-order valence-electron chi connectivity index (χ2n) is 12.4. The van der Waals surface area contributed by atoms with Crippen molar-refractivity contribution in [3.8, 4) is 0 Å². The summed E-state index contributed by atoms with van der Waals surface area (Å²) in [5.74, 6) is 7.10. The zero-order chi connectivity index (χ0) is 21.4. The third-order valence-electron chi connectivity index (χ3n) is 11.1. The van der Waals surface area contributed by atoms with Crippen molar-refractivity contribution in [2.45, 2.75) is 112 Å². The van der Waals surface area contributed by atoms with Gasteiger partial charge in [0.05, 0.1) is 0 Å². The second-order valence-corrected chi connectivity index (χ2v) is 12.4. The number of hydrogen-bond donors (Lipinski definition) is 0. The molecule has 4 fully saturated rings. The van der Waals surface area contributed by atoms with Crippen LogP contribution in [-0.2, 0) is 0 Å². The van der Waals surface area contributed by atoms with E-state index >= 15 is 0 Å². The molecule has 0 aromatic rings. The Hall–Kier alpha value is -0.590. The SMILES string of the molecule is C/C=C\N=CCCC(C)C1CCC2C3CCC4C[C@](C)(CC)CCC4C3CCC12C. The minimum Gasteiger partial charge on any atom is -0.269 e. The topological polar surface area (TPSA) is 12.4 Å². The average molecular weight is 412 g/mol. The van der Waals surface area contributed by atoms with Gasteiger partial charge in [-0.3, -0.25) is 4.99 Å². The van der Waals surface area contributed by atoms with Crippen LogP contribution < -0.4 is 0 Å². The van der Waals surface area contributed by atoms with Crippen LogP contribution in [0, 0.1) is 52.3 Å². The fraction of sp³-hybridized carbons (Fsp3) is 0.897. The first-order chi connectivity index (χ1) is 14.4. The van der Waals surface area contributed by atoms with Crippen LogP contribution in [0.2, 0.25) is 0 Å². The summed E-state index contributed by atoms with van der Waals surface area (Å²) in [7, 11) is 0. The molecule has 4 saturated carbocycles. The van der Waals surface area contributed by atoms with Crippen molar-refractivity contribution in [3.63, 3.8) is 0 Å². The molecule has 8 unspecified atom stereocenters. The van der Waals surface area contributed by atoms with Gasteiger partial charge in [0.2, 0.25) is 0 Å². The first-order valence-corrected chi connectivity index (χ1v) is 13.5. The monoisotopic (exact) mass is 411 g/mol. The Morgan fingerprint density at radius 2 is 1.77 bits per heavy atom. The Morgan fingerprint density at radius 3 is 2.53 bits per heavy atom. The average Bonchev–Trinajstić information content (AvgIpc) is 3.10. The maximum Gasteiger partial charge on any atom is 0.0221 e. The Morgan fingerprint density at radius 1 is 0.967 bits per heavy atom. The lowest BCUT2D eigenvalue weighted by atomic mass is 9.47. The molecular formula is C29H49N. The lowest BCUT2D eigenvalue weighted by Crippen LogP contribution is -2.50. The minimum absolute atomic E-state index is 0.625. The van der Waals surface area contributed by atoms with Crippen LogP contribution in [0.3, 0.4) is 0 Å². The third kappa shape index (κ3) is 4.09. The summed E-state index contributed by atoms with van der Waals surface area (Å²) in [4.78, 5) is 4.39. The predicted molar refractivity (Wildman–Crippen MR) is 131 cm³/mol. The van der Waals surface area contributed by atoms with Crippen LogP contribution >= 0.6 is 0 Å². The standard InChI is InChI=1S/C29H49N/c1-6-18-30-19-8-9-21(3)26-12-13-27-25-11-10-22-20-28(4,7-2)16-14-23(22)24(25)15-17-29(26,27)5/h6,18-19,21-27H,7-17,20H2,1-5H3/b18-6-,30-19?/t21?,22?,23?,24?,25?,26?,27?,28-,29?/m1/s1. The maximum atomic E-state index is 4.39. The molecule has 4 aliphatic rings. The molecule has 0 aliphatic heterocycles. The fourth-order valence-electron chi connectivity index (χ4n) is 9.24. The summed E-state index contributed by atoms with van der Waals surface area (Å²) in [6.45, 7) is 12.3. The third-order valence-corrected chi connectivity index (χ3v) is 11.1. The lowest BCUT2D eigenvalue weighted by Gasteiger charge is -2.58. The zero-order valence-corrected chi connectivity index (χ0v) is 20.7. The summed E-state index contributed by atoms with van der Waals surface area (Å²) in [6.07, 6.45) is 23.7. The number of hydrogen-bond acceptors (Lipinski definition) is 1. The highest BCUT2D eigenvalue weighted by molar-refractivity contribution is 5.57. The number of aliphatic imine (C=N–C) groups is 1. The van der Waals surface area contributed by atoms with Gasteiger partial charge in [-0.1, -0.05) is 40.2 Å². The molecule has 0 radical (unpaired) electrons. The number of allylic oxidation sites excluding steroid dienone is 1. The van der Waals surface area contributed by atoms with Crippen molar-refractivity contribution in [2.24, 2.45) is 57.2 Å². The lowest BCUT2D eigenvalue weighted by molar-refractivity contribution is -0.0832. The zero-order valence-electron chi connectivity index (χ0n) is 20.7. The molecule has 170 valence electrons. The molecule has 30 heavy (non-hydrogen) atoms. The van der Waals surface area contributed by atoms with Gasteiger partial charge in [0.25, 0.3) is 0 Å². The summed E-state index contributed by atoms with van der Waals surface area (Å²) < 4.78 is 0. The molecule has 0 saturated heterocycles. The van der Waals surface area contributed by atoms with E-state index in [2.05, 4.69) is 38.9 Å². The van der Waals surface area contributed by atoms with Crippen molar-refractivity contribution >= 4 is 6.21 Å². The van der Waals surface area contributed by atoms with E-state index in [1.165, 1.54) is 44.9 Å². The normalized spacial score (nSPS) is 47.2. The van der Waals surface area contributed by atoms with Gasteiger partial charge in [0.1, 0.15) is 0 Å². The van der Waals surface area contributed by atoms with Crippen molar-refractivity contribution in [1.82, 2.24) is 0 Å². The minimum atomic E-state index is 0.625. The fourth-order valence-corrected chi connectivity index (χ4v) is 9.24. The molecule has 0 N–H and O–H groups in total. The Labute approximate surface area is 187 Å². The van der Waals surface area contributed by atoms with Crippen molar-refractivity contribution in [3.05, 3.63) is 12.3 Å². The first-order valence-electron chi connectivity index (χ1n) is 13.5. The largest absolute Gasteiger partial charge is 0.269 e. The van der Waals surface area contributed by atoms with Crippen molar-refractivity contribution in [1.29, 1.82) is 0 Å². The van der Waals surface area contributed by atoms with Crippen LogP contribution in [0.1, 0.15) is 112 Å². The first kappa shape index (κ1) is 22.6.